The summed E-state index contributed by atoms with van der Waals surface area (Å²) in [6.45, 7) is -0.640. The van der Waals surface area contributed by atoms with Crippen LogP contribution >= 0.6 is 0 Å². The Balaban J connectivity index is 3.07. The van der Waals surface area contributed by atoms with Gasteiger partial charge >= 0.3 is 0 Å². The molecule has 0 spiro atoms. The first-order chi connectivity index (χ1) is 5.79. The molecule has 0 unspecified atom stereocenters. The molecule has 1 aromatic carbocycles. The molecule has 0 aliphatic carbocycles. The summed E-state index contributed by atoms with van der Waals surface area (Å²) in [4.78, 5) is 0. The number of nitrogens with two attached hydrogens (primary N) is 1. The number of benzene rings is 1. The highest BCUT2D eigenvalue weighted by molar-refractivity contribution is 5.39. The molecule has 0 fully saturated rings. The molecule has 0 aliphatic heterocycles. The molecule has 0 bridgehead atoms. The van der Waals surface area contributed by atoms with E-state index in [1.165, 1.54) is 0 Å². The Bertz CT molecular complexity index is 304. The van der Waals surface area contributed by atoms with Gasteiger partial charge in [0.1, 0.15) is 6.67 Å². The number of hydrogen-bond donors (Lipinski definition) is 1. The molecule has 1 atom stereocenters. The first-order valence-electron chi connectivity index (χ1n) is 3.60. The zero-order chi connectivity index (χ0) is 8.97. The van der Waals surface area contributed by atoms with E-state index < -0.39 is 12.7 Å². The van der Waals surface area contributed by atoms with Gasteiger partial charge in [0, 0.05) is 0 Å². The van der Waals surface area contributed by atoms with Gasteiger partial charge in [-0.2, -0.15) is 5.26 Å². The number of alkyl halides is 1. The van der Waals surface area contributed by atoms with Crippen molar-refractivity contribution in [3.05, 3.63) is 35.4 Å². The molecule has 0 heterocycles. The first-order valence-corrected chi connectivity index (χ1v) is 3.60. The molecular formula is C9H9FN2. The lowest BCUT2D eigenvalue weighted by molar-refractivity contribution is 0.437. The minimum absolute atomic E-state index is 0.447. The maximum Gasteiger partial charge on any atom is 0.109 e. The number of halogens is 1. The van der Waals surface area contributed by atoms with Crippen molar-refractivity contribution in [3.8, 4) is 6.07 Å². The third-order valence-electron chi connectivity index (χ3n) is 1.65. The summed E-state index contributed by atoms with van der Waals surface area (Å²) in [5.74, 6) is 0. The molecule has 2 nitrogen and oxygen atoms in total. The topological polar surface area (TPSA) is 49.8 Å². The van der Waals surface area contributed by atoms with Crippen LogP contribution in [0.3, 0.4) is 0 Å². The summed E-state index contributed by atoms with van der Waals surface area (Å²) in [6, 6.07) is 8.05. The van der Waals surface area contributed by atoms with Crippen molar-refractivity contribution >= 4 is 0 Å². The van der Waals surface area contributed by atoms with Crippen LogP contribution in [-0.4, -0.2) is 6.67 Å². The van der Waals surface area contributed by atoms with E-state index in [4.69, 9.17) is 11.0 Å². The van der Waals surface area contributed by atoms with Crippen LogP contribution in [0, 0.1) is 11.3 Å². The van der Waals surface area contributed by atoms with Gasteiger partial charge in [0.2, 0.25) is 0 Å². The second kappa shape index (κ2) is 3.84. The van der Waals surface area contributed by atoms with E-state index in [1.807, 2.05) is 6.07 Å². The first kappa shape index (κ1) is 8.69. The van der Waals surface area contributed by atoms with Gasteiger partial charge < -0.3 is 5.73 Å². The highest BCUT2D eigenvalue weighted by Gasteiger charge is 2.08. The number of nitrogens with zero attached hydrogens (tertiary/aromatic N) is 1. The lowest BCUT2D eigenvalue weighted by Crippen LogP contribution is -2.13. The predicted molar refractivity (Wildman–Crippen MR) is 44.1 cm³/mol. The average Bonchev–Trinajstić information content (AvgIpc) is 2.16. The fraction of sp³-hybridized carbons (Fsp3) is 0.222. The fourth-order valence-corrected chi connectivity index (χ4v) is 1.01. The van der Waals surface area contributed by atoms with E-state index in [0.717, 1.165) is 0 Å². The fourth-order valence-electron chi connectivity index (χ4n) is 1.01. The lowest BCUT2D eigenvalue weighted by Gasteiger charge is -2.07. The molecule has 0 amide bonds. The molecule has 12 heavy (non-hydrogen) atoms. The Hall–Kier alpha value is -1.40. The Morgan fingerprint density at radius 3 is 2.75 bits per heavy atom. The van der Waals surface area contributed by atoms with Gasteiger partial charge in [0.25, 0.3) is 0 Å². The molecule has 0 saturated heterocycles. The standard InChI is InChI=1S/C9H9FN2/c10-5-9(12)8-4-2-1-3-7(8)6-11/h1-4,9H,5,12H2/t9-/m0/s1. The zero-order valence-corrected chi connectivity index (χ0v) is 6.50. The summed E-state index contributed by atoms with van der Waals surface area (Å²) in [5.41, 5.74) is 6.46. The second-order valence-electron chi connectivity index (χ2n) is 2.46. The third kappa shape index (κ3) is 1.60. The van der Waals surface area contributed by atoms with E-state index in [-0.39, 0.29) is 0 Å². The van der Waals surface area contributed by atoms with Crippen LogP contribution in [0.25, 0.3) is 0 Å². The zero-order valence-electron chi connectivity index (χ0n) is 6.50. The summed E-state index contributed by atoms with van der Waals surface area (Å²) < 4.78 is 12.2. The SMILES string of the molecule is N#Cc1ccccc1[C@@H](N)CF. The van der Waals surface area contributed by atoms with Gasteiger partial charge in [-0.25, -0.2) is 4.39 Å². The molecule has 62 valence electrons. The molecule has 2 N–H and O–H groups in total. The van der Waals surface area contributed by atoms with Gasteiger partial charge in [-0.05, 0) is 11.6 Å². The van der Waals surface area contributed by atoms with E-state index in [0.29, 0.717) is 11.1 Å². The quantitative estimate of drug-likeness (QED) is 0.720. The lowest BCUT2D eigenvalue weighted by atomic mass is 10.0. The van der Waals surface area contributed by atoms with Crippen LogP contribution in [-0.2, 0) is 0 Å². The van der Waals surface area contributed by atoms with Crippen molar-refractivity contribution in [3.63, 3.8) is 0 Å². The smallest absolute Gasteiger partial charge is 0.109 e. The van der Waals surface area contributed by atoms with Gasteiger partial charge in [-0.3, -0.25) is 0 Å². The minimum Gasteiger partial charge on any atom is -0.322 e. The monoisotopic (exact) mass is 164 g/mol. The molecule has 3 heteroatoms. The van der Waals surface area contributed by atoms with Crippen LogP contribution < -0.4 is 5.73 Å². The van der Waals surface area contributed by atoms with Crippen LogP contribution in [0.4, 0.5) is 4.39 Å². The van der Waals surface area contributed by atoms with Crippen LogP contribution in [0.5, 0.6) is 0 Å². The predicted octanol–water partition coefficient (Wildman–Crippen LogP) is 1.53. The van der Waals surface area contributed by atoms with Gasteiger partial charge in [0.15, 0.2) is 0 Å². The number of rotatable bonds is 2. The molecule has 0 aromatic heterocycles. The highest BCUT2D eigenvalue weighted by Crippen LogP contribution is 2.15. The Kier molecular flexibility index (Phi) is 2.78. The molecular weight excluding hydrogens is 155 g/mol. The van der Waals surface area contributed by atoms with Gasteiger partial charge in [-0.1, -0.05) is 18.2 Å². The van der Waals surface area contributed by atoms with Crippen molar-refractivity contribution in [2.24, 2.45) is 5.73 Å². The van der Waals surface area contributed by atoms with E-state index >= 15 is 0 Å². The van der Waals surface area contributed by atoms with E-state index in [2.05, 4.69) is 0 Å². The molecule has 0 radical (unpaired) electrons. The van der Waals surface area contributed by atoms with Crippen LogP contribution in [0.15, 0.2) is 24.3 Å². The molecule has 1 aromatic rings. The average molecular weight is 164 g/mol. The van der Waals surface area contributed by atoms with Crippen molar-refractivity contribution in [2.75, 3.05) is 6.67 Å². The number of hydrogen-bond acceptors (Lipinski definition) is 2. The van der Waals surface area contributed by atoms with E-state index in [9.17, 15) is 4.39 Å². The Labute approximate surface area is 70.4 Å². The van der Waals surface area contributed by atoms with Crippen LogP contribution in [0.2, 0.25) is 0 Å². The molecule has 0 aliphatic rings. The van der Waals surface area contributed by atoms with E-state index in [1.54, 1.807) is 24.3 Å². The summed E-state index contributed by atoms with van der Waals surface area (Å²) in [7, 11) is 0. The third-order valence-corrected chi connectivity index (χ3v) is 1.65. The molecule has 1 rings (SSSR count). The summed E-state index contributed by atoms with van der Waals surface area (Å²) in [5, 5.41) is 8.63. The second-order valence-corrected chi connectivity index (χ2v) is 2.46. The minimum atomic E-state index is -0.680. The Morgan fingerprint density at radius 1 is 1.50 bits per heavy atom. The normalized spacial score (nSPS) is 12.1. The maximum atomic E-state index is 12.2. The summed E-state index contributed by atoms with van der Waals surface area (Å²) in [6.07, 6.45) is 0. The summed E-state index contributed by atoms with van der Waals surface area (Å²) >= 11 is 0. The van der Waals surface area contributed by atoms with Crippen molar-refractivity contribution in [1.29, 1.82) is 5.26 Å². The van der Waals surface area contributed by atoms with Gasteiger partial charge in [-0.15, -0.1) is 0 Å². The van der Waals surface area contributed by atoms with Crippen molar-refractivity contribution < 1.29 is 4.39 Å². The van der Waals surface area contributed by atoms with Crippen molar-refractivity contribution in [1.82, 2.24) is 0 Å². The maximum absolute atomic E-state index is 12.2. The molecule has 0 saturated carbocycles. The highest BCUT2D eigenvalue weighted by atomic mass is 19.1. The number of nitriles is 1. The Morgan fingerprint density at radius 2 is 2.17 bits per heavy atom. The van der Waals surface area contributed by atoms with Gasteiger partial charge in [0.05, 0.1) is 17.7 Å². The van der Waals surface area contributed by atoms with Crippen LogP contribution in [0.1, 0.15) is 17.2 Å². The van der Waals surface area contributed by atoms with Crippen molar-refractivity contribution in [2.45, 2.75) is 6.04 Å². The largest absolute Gasteiger partial charge is 0.322 e.